The Morgan fingerprint density at radius 3 is 2.53 bits per heavy atom. The SMILES string of the molecule is CCc1nc2ccc(F)cc2n1-c1cc(N)nc(Nc2ccc(OC(F)F)cc2)n1. The van der Waals surface area contributed by atoms with E-state index in [0.717, 1.165) is 0 Å². The average Bonchev–Trinajstić information content (AvgIpc) is 3.06. The van der Waals surface area contributed by atoms with Crippen molar-refractivity contribution < 1.29 is 17.9 Å². The van der Waals surface area contributed by atoms with E-state index in [4.69, 9.17) is 5.73 Å². The molecule has 0 aliphatic rings. The molecule has 3 N–H and O–H groups in total. The number of hydrogen-bond acceptors (Lipinski definition) is 6. The molecule has 0 fully saturated rings. The Labute approximate surface area is 169 Å². The van der Waals surface area contributed by atoms with Crippen molar-refractivity contribution in [1.29, 1.82) is 0 Å². The molecule has 0 aliphatic carbocycles. The molecular formula is C20H17F3N6O. The third kappa shape index (κ3) is 3.97. The Balaban J connectivity index is 1.71. The van der Waals surface area contributed by atoms with E-state index in [2.05, 4.69) is 25.0 Å². The van der Waals surface area contributed by atoms with Crippen molar-refractivity contribution in [1.82, 2.24) is 19.5 Å². The first kappa shape index (κ1) is 19.5. The second-order valence-electron chi connectivity index (χ2n) is 6.35. The summed E-state index contributed by atoms with van der Waals surface area (Å²) in [6.45, 7) is -0.966. The van der Waals surface area contributed by atoms with E-state index >= 15 is 0 Å². The van der Waals surface area contributed by atoms with E-state index in [1.165, 1.54) is 24.3 Å². The van der Waals surface area contributed by atoms with Gasteiger partial charge >= 0.3 is 6.61 Å². The number of halogens is 3. The number of imidazole rings is 1. The number of nitrogens with zero attached hydrogens (tertiary/aromatic N) is 4. The minimum Gasteiger partial charge on any atom is -0.435 e. The standard InChI is InChI=1S/C20H17F3N6O/c1-2-17-26-14-8-3-11(21)9-15(14)29(17)18-10-16(24)27-20(28-18)25-12-4-6-13(7-5-12)30-19(22)23/h3-10,19H,2H2,1H3,(H3,24,25,27,28). The van der Waals surface area contributed by atoms with Crippen molar-refractivity contribution in [2.75, 3.05) is 11.1 Å². The summed E-state index contributed by atoms with van der Waals surface area (Å²) < 4.78 is 44.5. The van der Waals surface area contributed by atoms with Crippen LogP contribution in [0.5, 0.6) is 5.75 Å². The van der Waals surface area contributed by atoms with Crippen LogP contribution in [0.3, 0.4) is 0 Å². The van der Waals surface area contributed by atoms with Gasteiger partial charge in [0.2, 0.25) is 5.95 Å². The minimum atomic E-state index is -2.90. The highest BCUT2D eigenvalue weighted by molar-refractivity contribution is 5.78. The first-order valence-corrected chi connectivity index (χ1v) is 9.06. The first-order valence-electron chi connectivity index (χ1n) is 9.06. The van der Waals surface area contributed by atoms with Crippen LogP contribution in [0.1, 0.15) is 12.7 Å². The number of benzene rings is 2. The lowest BCUT2D eigenvalue weighted by Crippen LogP contribution is -2.08. The van der Waals surface area contributed by atoms with Gasteiger partial charge in [-0.3, -0.25) is 4.57 Å². The molecular weight excluding hydrogens is 397 g/mol. The van der Waals surface area contributed by atoms with E-state index in [1.54, 1.807) is 28.8 Å². The monoisotopic (exact) mass is 414 g/mol. The van der Waals surface area contributed by atoms with E-state index in [9.17, 15) is 13.2 Å². The van der Waals surface area contributed by atoms with Crippen LogP contribution >= 0.6 is 0 Å². The fourth-order valence-corrected chi connectivity index (χ4v) is 3.06. The maximum Gasteiger partial charge on any atom is 0.387 e. The van der Waals surface area contributed by atoms with Crippen LogP contribution < -0.4 is 15.8 Å². The number of nitrogens with two attached hydrogens (primary N) is 1. The summed E-state index contributed by atoms with van der Waals surface area (Å²) in [5.74, 6) is 1.14. The van der Waals surface area contributed by atoms with Crippen molar-refractivity contribution in [3.63, 3.8) is 0 Å². The van der Waals surface area contributed by atoms with Crippen LogP contribution in [-0.2, 0) is 6.42 Å². The number of aryl methyl sites for hydroxylation is 1. The molecule has 4 aromatic rings. The number of rotatable bonds is 6. The lowest BCUT2D eigenvalue weighted by molar-refractivity contribution is -0.0498. The number of aromatic nitrogens is 4. The molecule has 0 radical (unpaired) electrons. The Morgan fingerprint density at radius 2 is 1.83 bits per heavy atom. The van der Waals surface area contributed by atoms with E-state index in [0.29, 0.717) is 34.8 Å². The highest BCUT2D eigenvalue weighted by Crippen LogP contribution is 2.25. The van der Waals surface area contributed by atoms with Crippen molar-refractivity contribution in [3.8, 4) is 11.6 Å². The summed E-state index contributed by atoms with van der Waals surface area (Å²) in [7, 11) is 0. The van der Waals surface area contributed by atoms with Crippen LogP contribution in [0, 0.1) is 5.82 Å². The first-order chi connectivity index (χ1) is 14.4. The van der Waals surface area contributed by atoms with Crippen LogP contribution in [0.25, 0.3) is 16.9 Å². The van der Waals surface area contributed by atoms with Crippen molar-refractivity contribution in [2.45, 2.75) is 20.0 Å². The van der Waals surface area contributed by atoms with Gasteiger partial charge in [0, 0.05) is 24.2 Å². The molecule has 0 amide bonds. The number of nitrogens with one attached hydrogen (secondary N) is 1. The third-order valence-electron chi connectivity index (χ3n) is 4.30. The number of nitrogen functional groups attached to an aromatic ring is 1. The molecule has 0 bridgehead atoms. The molecule has 2 heterocycles. The van der Waals surface area contributed by atoms with E-state index in [-0.39, 0.29) is 17.5 Å². The fraction of sp³-hybridized carbons (Fsp3) is 0.150. The molecule has 2 aromatic carbocycles. The van der Waals surface area contributed by atoms with Gasteiger partial charge in [0.05, 0.1) is 11.0 Å². The lowest BCUT2D eigenvalue weighted by atomic mass is 10.3. The van der Waals surface area contributed by atoms with Crippen LogP contribution in [0.4, 0.5) is 30.6 Å². The molecule has 2 aromatic heterocycles. The molecule has 30 heavy (non-hydrogen) atoms. The van der Waals surface area contributed by atoms with Gasteiger partial charge in [-0.2, -0.15) is 18.7 Å². The minimum absolute atomic E-state index is 0.0317. The topological polar surface area (TPSA) is 90.9 Å². The smallest absolute Gasteiger partial charge is 0.387 e. The predicted octanol–water partition coefficient (Wildman–Crippen LogP) is 4.44. The molecule has 0 saturated carbocycles. The van der Waals surface area contributed by atoms with Crippen LogP contribution in [0.15, 0.2) is 48.5 Å². The number of alkyl halides is 2. The third-order valence-corrected chi connectivity index (χ3v) is 4.30. The largest absolute Gasteiger partial charge is 0.435 e. The van der Waals surface area contributed by atoms with Gasteiger partial charge in [-0.1, -0.05) is 6.92 Å². The zero-order valence-corrected chi connectivity index (χ0v) is 15.8. The summed E-state index contributed by atoms with van der Waals surface area (Å²) in [6.07, 6.45) is 0.592. The zero-order valence-electron chi connectivity index (χ0n) is 15.8. The number of fused-ring (bicyclic) bond motifs is 1. The molecule has 0 unspecified atom stereocenters. The summed E-state index contributed by atoms with van der Waals surface area (Å²) >= 11 is 0. The van der Waals surface area contributed by atoms with Crippen LogP contribution in [-0.4, -0.2) is 26.1 Å². The van der Waals surface area contributed by atoms with E-state index in [1.807, 2.05) is 6.92 Å². The Kier molecular flexibility index (Phi) is 5.13. The van der Waals surface area contributed by atoms with Gasteiger partial charge in [0.25, 0.3) is 0 Å². The predicted molar refractivity (Wildman–Crippen MR) is 107 cm³/mol. The van der Waals surface area contributed by atoms with Gasteiger partial charge in [0.15, 0.2) is 0 Å². The van der Waals surface area contributed by atoms with Crippen molar-refractivity contribution in [3.05, 3.63) is 60.2 Å². The molecule has 10 heteroatoms. The number of ether oxygens (including phenoxy) is 1. The highest BCUT2D eigenvalue weighted by atomic mass is 19.3. The summed E-state index contributed by atoms with van der Waals surface area (Å²) in [5, 5.41) is 2.97. The zero-order chi connectivity index (χ0) is 21.3. The average molecular weight is 414 g/mol. The summed E-state index contributed by atoms with van der Waals surface area (Å²) in [5.41, 5.74) is 7.70. The van der Waals surface area contributed by atoms with Gasteiger partial charge in [-0.05, 0) is 36.4 Å². The molecule has 0 saturated heterocycles. The molecule has 7 nitrogen and oxygen atoms in total. The van der Waals surface area contributed by atoms with E-state index < -0.39 is 12.4 Å². The normalized spacial score (nSPS) is 11.2. The second kappa shape index (κ2) is 7.90. The maximum atomic E-state index is 13.8. The highest BCUT2D eigenvalue weighted by Gasteiger charge is 2.15. The van der Waals surface area contributed by atoms with Crippen molar-refractivity contribution in [2.24, 2.45) is 0 Å². The summed E-state index contributed by atoms with van der Waals surface area (Å²) in [4.78, 5) is 13.2. The fourth-order valence-electron chi connectivity index (χ4n) is 3.06. The van der Waals surface area contributed by atoms with Gasteiger partial charge < -0.3 is 15.8 Å². The number of anilines is 3. The van der Waals surface area contributed by atoms with Gasteiger partial charge in [-0.15, -0.1) is 0 Å². The quantitative estimate of drug-likeness (QED) is 0.485. The molecule has 4 rings (SSSR count). The number of hydrogen-bond donors (Lipinski definition) is 2. The molecule has 0 aliphatic heterocycles. The van der Waals surface area contributed by atoms with Gasteiger partial charge in [0.1, 0.15) is 29.0 Å². The lowest BCUT2D eigenvalue weighted by Gasteiger charge is -2.11. The molecule has 0 spiro atoms. The van der Waals surface area contributed by atoms with Gasteiger partial charge in [-0.25, -0.2) is 9.37 Å². The maximum absolute atomic E-state index is 13.8. The second-order valence-corrected chi connectivity index (χ2v) is 6.35. The Bertz CT molecular complexity index is 1190. The molecule has 0 atom stereocenters. The van der Waals surface area contributed by atoms with Crippen LogP contribution in [0.2, 0.25) is 0 Å². The Hall–Kier alpha value is -3.82. The van der Waals surface area contributed by atoms with Crippen molar-refractivity contribution >= 4 is 28.5 Å². The Morgan fingerprint density at radius 1 is 1.07 bits per heavy atom. The molecule has 154 valence electrons. The summed E-state index contributed by atoms with van der Waals surface area (Å²) in [6, 6.07) is 11.8.